The van der Waals surface area contributed by atoms with Crippen LogP contribution in [0.1, 0.15) is 27.0 Å². The molecule has 3 aromatic rings. The molecule has 0 aromatic heterocycles. The summed E-state index contributed by atoms with van der Waals surface area (Å²) in [4.78, 5) is 13.1. The van der Waals surface area contributed by atoms with E-state index in [-0.39, 0.29) is 11.5 Å². The summed E-state index contributed by atoms with van der Waals surface area (Å²) in [6.07, 6.45) is 3.56. The predicted octanol–water partition coefficient (Wildman–Crippen LogP) is 4.90. The van der Waals surface area contributed by atoms with Crippen molar-refractivity contribution in [3.8, 4) is 23.0 Å². The highest BCUT2D eigenvalue weighted by Gasteiger charge is 2.25. The Morgan fingerprint density at radius 1 is 0.900 bits per heavy atom. The molecule has 3 rings (SSSR count). The first-order chi connectivity index (χ1) is 14.6. The summed E-state index contributed by atoms with van der Waals surface area (Å²) in [5, 5.41) is 10.2. The fraction of sp³-hybridized carbons (Fsp3) is 0.160. The molecule has 5 heteroatoms. The molecule has 30 heavy (non-hydrogen) atoms. The number of phenols is 1. The number of aromatic hydroxyl groups is 1. The van der Waals surface area contributed by atoms with Crippen molar-refractivity contribution in [3.63, 3.8) is 0 Å². The van der Waals surface area contributed by atoms with Crippen molar-refractivity contribution in [1.29, 1.82) is 0 Å². The molecule has 0 radical (unpaired) electrons. The molecule has 0 spiro atoms. The molecule has 5 nitrogen and oxygen atoms in total. The Kier molecular flexibility index (Phi) is 6.75. The van der Waals surface area contributed by atoms with Crippen LogP contribution in [0.5, 0.6) is 23.0 Å². The second kappa shape index (κ2) is 9.65. The average molecular weight is 404 g/mol. The van der Waals surface area contributed by atoms with Gasteiger partial charge in [-0.05, 0) is 23.3 Å². The van der Waals surface area contributed by atoms with Crippen LogP contribution in [0, 0.1) is 0 Å². The molecule has 1 N–H and O–H groups in total. The number of allylic oxidation sites excluding steroid dienone is 1. The van der Waals surface area contributed by atoms with E-state index in [0.717, 1.165) is 5.56 Å². The first-order valence-electron chi connectivity index (χ1n) is 9.45. The van der Waals surface area contributed by atoms with Gasteiger partial charge in [0.25, 0.3) is 0 Å². The number of hydrogen-bond donors (Lipinski definition) is 1. The lowest BCUT2D eigenvalue weighted by atomic mass is 9.96. The third-order valence-corrected chi connectivity index (χ3v) is 4.78. The Hall–Kier alpha value is -3.73. The minimum absolute atomic E-state index is 0.161. The van der Waals surface area contributed by atoms with E-state index in [9.17, 15) is 9.90 Å². The molecule has 3 aromatic carbocycles. The maximum Gasteiger partial charge on any atom is 0.193 e. The second-order valence-corrected chi connectivity index (χ2v) is 6.58. The van der Waals surface area contributed by atoms with Crippen LogP contribution in [-0.4, -0.2) is 32.2 Å². The molecule has 0 amide bonds. The van der Waals surface area contributed by atoms with Crippen LogP contribution >= 0.6 is 0 Å². The lowest BCUT2D eigenvalue weighted by Crippen LogP contribution is -2.08. The number of carbonyl (C=O) groups excluding carboxylic acids is 1. The van der Waals surface area contributed by atoms with E-state index < -0.39 is 0 Å². The van der Waals surface area contributed by atoms with Gasteiger partial charge >= 0.3 is 0 Å². The van der Waals surface area contributed by atoms with Gasteiger partial charge in [0.05, 0.1) is 21.3 Å². The van der Waals surface area contributed by atoms with Gasteiger partial charge in [-0.25, -0.2) is 0 Å². The number of ketones is 1. The van der Waals surface area contributed by atoms with E-state index in [1.165, 1.54) is 20.3 Å². The first kappa shape index (κ1) is 21.0. The summed E-state index contributed by atoms with van der Waals surface area (Å²) in [5.41, 5.74) is 2.56. The van der Waals surface area contributed by atoms with Crippen molar-refractivity contribution < 1.29 is 24.1 Å². The summed E-state index contributed by atoms with van der Waals surface area (Å²) >= 11 is 0. The summed E-state index contributed by atoms with van der Waals surface area (Å²) in [5.74, 6) is 1.13. The van der Waals surface area contributed by atoms with E-state index in [1.807, 2.05) is 42.5 Å². The Labute approximate surface area is 176 Å². The third-order valence-electron chi connectivity index (χ3n) is 4.78. The van der Waals surface area contributed by atoms with Gasteiger partial charge in [-0.1, -0.05) is 54.6 Å². The van der Waals surface area contributed by atoms with Crippen LogP contribution in [0.15, 0.2) is 66.7 Å². The molecule has 0 aliphatic heterocycles. The van der Waals surface area contributed by atoms with Gasteiger partial charge in [-0.15, -0.1) is 0 Å². The van der Waals surface area contributed by atoms with Crippen LogP contribution in [-0.2, 0) is 6.42 Å². The highest BCUT2D eigenvalue weighted by molar-refractivity contribution is 6.11. The van der Waals surface area contributed by atoms with Crippen molar-refractivity contribution in [2.24, 2.45) is 0 Å². The Morgan fingerprint density at radius 2 is 1.57 bits per heavy atom. The molecule has 0 unspecified atom stereocenters. The van der Waals surface area contributed by atoms with Gasteiger partial charge in [-0.2, -0.15) is 0 Å². The van der Waals surface area contributed by atoms with E-state index >= 15 is 0 Å². The fourth-order valence-corrected chi connectivity index (χ4v) is 3.29. The zero-order valence-electron chi connectivity index (χ0n) is 17.2. The normalized spacial score (nSPS) is 10.8. The highest BCUT2D eigenvalue weighted by Crippen LogP contribution is 2.41. The number of methoxy groups -OCH3 is 3. The van der Waals surface area contributed by atoms with E-state index in [0.29, 0.717) is 40.4 Å². The molecular weight excluding hydrogens is 380 g/mol. The van der Waals surface area contributed by atoms with E-state index in [4.69, 9.17) is 14.2 Å². The zero-order valence-corrected chi connectivity index (χ0v) is 17.2. The van der Waals surface area contributed by atoms with Gasteiger partial charge in [0.15, 0.2) is 5.78 Å². The number of hydrogen-bond acceptors (Lipinski definition) is 5. The molecule has 0 aliphatic carbocycles. The lowest BCUT2D eigenvalue weighted by molar-refractivity contribution is 0.104. The lowest BCUT2D eigenvalue weighted by Gasteiger charge is -2.19. The van der Waals surface area contributed by atoms with Crippen molar-refractivity contribution in [3.05, 3.63) is 89.0 Å². The predicted molar refractivity (Wildman–Crippen MR) is 117 cm³/mol. The maximum atomic E-state index is 13.1. The van der Waals surface area contributed by atoms with Crippen molar-refractivity contribution in [2.75, 3.05) is 21.3 Å². The van der Waals surface area contributed by atoms with Gasteiger partial charge in [0, 0.05) is 18.1 Å². The van der Waals surface area contributed by atoms with Crippen molar-refractivity contribution >= 4 is 11.9 Å². The number of benzene rings is 3. The topological polar surface area (TPSA) is 65.0 Å². The van der Waals surface area contributed by atoms with Gasteiger partial charge < -0.3 is 19.3 Å². The Morgan fingerprint density at radius 3 is 2.20 bits per heavy atom. The molecule has 0 saturated carbocycles. The largest absolute Gasteiger partial charge is 0.508 e. The van der Waals surface area contributed by atoms with Gasteiger partial charge in [-0.3, -0.25) is 4.79 Å². The standard InChI is InChI=1S/C25H24O5/c1-28-22-16-23(29-2)24(21(27)14-13-17-9-5-4-6-10-17)25(30-3)19(22)15-18-11-7-8-12-20(18)26/h4-14,16,26H,15H2,1-3H3/b14-13+. The van der Waals surface area contributed by atoms with Gasteiger partial charge in [0.1, 0.15) is 28.6 Å². The number of para-hydroxylation sites is 1. The Bertz CT molecular complexity index is 1050. The highest BCUT2D eigenvalue weighted by atomic mass is 16.5. The molecule has 0 saturated heterocycles. The summed E-state index contributed by atoms with van der Waals surface area (Å²) in [6.45, 7) is 0. The zero-order chi connectivity index (χ0) is 21.5. The Balaban J connectivity index is 2.10. The SMILES string of the molecule is COc1cc(OC)c(C(=O)/C=C/c2ccccc2)c(OC)c1Cc1ccccc1O. The van der Waals surface area contributed by atoms with E-state index in [2.05, 4.69) is 0 Å². The molecular formula is C25H24O5. The minimum atomic E-state index is -0.256. The fourth-order valence-electron chi connectivity index (χ4n) is 3.29. The van der Waals surface area contributed by atoms with Crippen molar-refractivity contribution in [2.45, 2.75) is 6.42 Å². The third kappa shape index (κ3) is 4.46. The van der Waals surface area contributed by atoms with Crippen LogP contribution in [0.4, 0.5) is 0 Å². The minimum Gasteiger partial charge on any atom is -0.508 e. The molecule has 154 valence electrons. The number of phenolic OH excluding ortho intramolecular Hbond substituents is 1. The smallest absolute Gasteiger partial charge is 0.193 e. The number of ether oxygens (including phenoxy) is 3. The average Bonchev–Trinajstić information content (AvgIpc) is 2.79. The maximum absolute atomic E-state index is 13.1. The summed E-state index contributed by atoms with van der Waals surface area (Å²) in [7, 11) is 4.54. The van der Waals surface area contributed by atoms with E-state index in [1.54, 1.807) is 31.4 Å². The quantitative estimate of drug-likeness (QED) is 0.427. The van der Waals surface area contributed by atoms with Crippen LogP contribution < -0.4 is 14.2 Å². The monoisotopic (exact) mass is 404 g/mol. The summed E-state index contributed by atoms with van der Waals surface area (Å²) in [6, 6.07) is 18.2. The first-order valence-corrected chi connectivity index (χ1v) is 9.45. The molecule has 0 aliphatic rings. The van der Waals surface area contributed by atoms with Crippen LogP contribution in [0.25, 0.3) is 6.08 Å². The number of rotatable bonds is 8. The molecule has 0 bridgehead atoms. The molecule has 0 heterocycles. The van der Waals surface area contributed by atoms with Crippen LogP contribution in [0.2, 0.25) is 0 Å². The van der Waals surface area contributed by atoms with Crippen molar-refractivity contribution in [1.82, 2.24) is 0 Å². The van der Waals surface area contributed by atoms with Crippen LogP contribution in [0.3, 0.4) is 0 Å². The second-order valence-electron chi connectivity index (χ2n) is 6.58. The van der Waals surface area contributed by atoms with Gasteiger partial charge in [0.2, 0.25) is 0 Å². The summed E-state index contributed by atoms with van der Waals surface area (Å²) < 4.78 is 16.7. The molecule has 0 atom stereocenters. The number of carbonyl (C=O) groups is 1. The molecule has 0 fully saturated rings.